The van der Waals surface area contributed by atoms with Gasteiger partial charge in [-0.15, -0.1) is 0 Å². The maximum Gasteiger partial charge on any atom is 0.331 e. The average molecular weight is 450 g/mol. The van der Waals surface area contributed by atoms with E-state index in [1.165, 1.54) is 42.7 Å². The van der Waals surface area contributed by atoms with Crippen molar-refractivity contribution in [1.29, 1.82) is 0 Å². The maximum absolute atomic E-state index is 13.7. The van der Waals surface area contributed by atoms with Gasteiger partial charge in [0.15, 0.2) is 0 Å². The third kappa shape index (κ3) is 5.79. The molecule has 0 aliphatic heterocycles. The Hall–Kier alpha value is -2.94. The van der Waals surface area contributed by atoms with Gasteiger partial charge in [0.2, 0.25) is 10.0 Å². The molecule has 3 rings (SSSR count). The third-order valence-electron chi connectivity index (χ3n) is 4.04. The monoisotopic (exact) mass is 449 g/mol. The van der Waals surface area contributed by atoms with E-state index in [4.69, 9.17) is 20.8 Å². The molecule has 156 valence electrons. The predicted octanol–water partition coefficient (Wildman–Crippen LogP) is 4.31. The van der Waals surface area contributed by atoms with Crippen LogP contribution in [0.1, 0.15) is 16.9 Å². The number of halogens is 2. The summed E-state index contributed by atoms with van der Waals surface area (Å²) < 4.78 is 50.8. The molecule has 0 spiro atoms. The second kappa shape index (κ2) is 9.71. The van der Waals surface area contributed by atoms with Gasteiger partial charge in [-0.05, 0) is 48.0 Å². The molecule has 0 radical (unpaired) electrons. The fourth-order valence-corrected chi connectivity index (χ4v) is 3.66. The number of carbonyl (C=O) groups excluding carboxylic acids is 1. The molecule has 6 nitrogen and oxygen atoms in total. The highest BCUT2D eigenvalue weighted by Crippen LogP contribution is 2.20. The van der Waals surface area contributed by atoms with Crippen LogP contribution in [0.5, 0.6) is 0 Å². The molecule has 9 heteroatoms. The van der Waals surface area contributed by atoms with Gasteiger partial charge in [-0.25, -0.2) is 22.3 Å². The van der Waals surface area contributed by atoms with Crippen LogP contribution in [0.3, 0.4) is 0 Å². The molecule has 3 aromatic rings. The number of hydrogen-bond donors (Lipinski definition) is 1. The Morgan fingerprint density at radius 1 is 1.13 bits per heavy atom. The zero-order valence-electron chi connectivity index (χ0n) is 15.5. The number of ether oxygens (including phenoxy) is 1. The van der Waals surface area contributed by atoms with Crippen LogP contribution < -0.4 is 4.72 Å². The van der Waals surface area contributed by atoms with Crippen LogP contribution in [-0.2, 0) is 32.7 Å². The van der Waals surface area contributed by atoms with Crippen molar-refractivity contribution in [3.05, 3.63) is 94.7 Å². The van der Waals surface area contributed by atoms with Crippen molar-refractivity contribution in [2.45, 2.75) is 18.0 Å². The molecule has 2 aromatic carbocycles. The molecule has 1 aromatic heterocycles. The molecule has 0 saturated heterocycles. The summed E-state index contributed by atoms with van der Waals surface area (Å²) in [5.74, 6) is -0.754. The Balaban J connectivity index is 1.56. The van der Waals surface area contributed by atoms with E-state index in [9.17, 15) is 17.6 Å². The molecule has 0 bridgehead atoms. The lowest BCUT2D eigenvalue weighted by molar-refractivity contribution is -0.138. The third-order valence-corrected chi connectivity index (χ3v) is 5.81. The van der Waals surface area contributed by atoms with Crippen molar-refractivity contribution in [2.24, 2.45) is 0 Å². The van der Waals surface area contributed by atoms with Crippen LogP contribution in [0, 0.1) is 5.82 Å². The van der Waals surface area contributed by atoms with Gasteiger partial charge in [0.1, 0.15) is 18.2 Å². The fraction of sp³-hybridized carbons (Fsp3) is 0.0952. The van der Waals surface area contributed by atoms with Crippen molar-refractivity contribution < 1.29 is 26.8 Å². The van der Waals surface area contributed by atoms with Crippen LogP contribution in [0.15, 0.2) is 76.2 Å². The summed E-state index contributed by atoms with van der Waals surface area (Å²) in [6, 6.07) is 13.4. The topological polar surface area (TPSA) is 85.6 Å². The largest absolute Gasteiger partial charge is 0.468 e. The Morgan fingerprint density at radius 2 is 1.90 bits per heavy atom. The van der Waals surface area contributed by atoms with E-state index in [0.29, 0.717) is 11.3 Å². The second-order valence-corrected chi connectivity index (χ2v) is 8.29. The number of rotatable bonds is 8. The van der Waals surface area contributed by atoms with E-state index < -0.39 is 21.8 Å². The van der Waals surface area contributed by atoms with E-state index in [2.05, 4.69) is 4.72 Å². The second-order valence-electron chi connectivity index (χ2n) is 6.11. The van der Waals surface area contributed by atoms with Gasteiger partial charge in [0, 0.05) is 11.6 Å². The number of hydrogen-bond acceptors (Lipinski definition) is 5. The molecule has 1 heterocycles. The van der Waals surface area contributed by atoms with Gasteiger partial charge in [0.25, 0.3) is 0 Å². The fourth-order valence-electron chi connectivity index (χ4n) is 2.45. The number of benzene rings is 2. The van der Waals surface area contributed by atoms with E-state index in [-0.39, 0.29) is 28.6 Å². The molecule has 0 unspecified atom stereocenters. The standard InChI is InChI=1S/C21H17ClFNO5S/c22-19-4-1-5-20(23)18(19)14-29-21(25)11-8-15-6-9-17(10-7-15)30(26,27)24-13-16-3-2-12-28-16/h1-12,24H,13-14H2/b11-8+. The molecule has 30 heavy (non-hydrogen) atoms. The summed E-state index contributed by atoms with van der Waals surface area (Å²) in [4.78, 5) is 11.9. The van der Waals surface area contributed by atoms with E-state index in [1.807, 2.05) is 0 Å². The van der Waals surface area contributed by atoms with Crippen LogP contribution in [0.25, 0.3) is 6.08 Å². The molecule has 1 N–H and O–H groups in total. The number of esters is 1. The van der Waals surface area contributed by atoms with Crippen LogP contribution >= 0.6 is 11.6 Å². The zero-order valence-corrected chi connectivity index (χ0v) is 17.1. The summed E-state index contributed by atoms with van der Waals surface area (Å²) in [6.45, 7) is -0.262. The minimum Gasteiger partial charge on any atom is -0.468 e. The van der Waals surface area contributed by atoms with Crippen molar-refractivity contribution in [2.75, 3.05) is 0 Å². The minimum absolute atomic E-state index is 0.0366. The summed E-state index contributed by atoms with van der Waals surface area (Å²) in [5.41, 5.74) is 0.679. The van der Waals surface area contributed by atoms with E-state index >= 15 is 0 Å². The smallest absolute Gasteiger partial charge is 0.331 e. The molecule has 0 amide bonds. The van der Waals surface area contributed by atoms with Crippen LogP contribution in [0.2, 0.25) is 5.02 Å². The number of furan rings is 1. The first kappa shape index (κ1) is 21.8. The van der Waals surface area contributed by atoms with Crippen molar-refractivity contribution in [3.63, 3.8) is 0 Å². The highest BCUT2D eigenvalue weighted by atomic mass is 35.5. The Labute approximate surface area is 178 Å². The highest BCUT2D eigenvalue weighted by molar-refractivity contribution is 7.89. The zero-order chi connectivity index (χ0) is 21.6. The molecular formula is C21H17ClFNO5S. The minimum atomic E-state index is -3.71. The number of nitrogens with one attached hydrogen (secondary N) is 1. The summed E-state index contributed by atoms with van der Waals surface area (Å²) in [5, 5.41) is 0.171. The lowest BCUT2D eigenvalue weighted by atomic mass is 10.2. The van der Waals surface area contributed by atoms with Gasteiger partial charge < -0.3 is 9.15 Å². The van der Waals surface area contributed by atoms with E-state index in [0.717, 1.165) is 6.08 Å². The first-order valence-corrected chi connectivity index (χ1v) is 10.6. The van der Waals surface area contributed by atoms with Crippen LogP contribution in [-0.4, -0.2) is 14.4 Å². The Bertz CT molecular complexity index is 1120. The number of carbonyl (C=O) groups is 1. The summed E-state index contributed by atoms with van der Waals surface area (Å²) in [6.07, 6.45) is 4.08. The van der Waals surface area contributed by atoms with Crippen molar-refractivity contribution in [3.8, 4) is 0 Å². The van der Waals surface area contributed by atoms with Crippen LogP contribution in [0.4, 0.5) is 4.39 Å². The normalized spacial score (nSPS) is 11.7. The SMILES string of the molecule is O=C(/C=C/c1ccc(S(=O)(=O)NCc2ccco2)cc1)OCc1c(F)cccc1Cl. The molecular weight excluding hydrogens is 433 g/mol. The molecule has 0 atom stereocenters. The molecule has 0 fully saturated rings. The van der Waals surface area contributed by atoms with Gasteiger partial charge >= 0.3 is 5.97 Å². The summed E-state index contributed by atoms with van der Waals surface area (Å²) in [7, 11) is -3.71. The average Bonchev–Trinajstić information content (AvgIpc) is 3.25. The van der Waals surface area contributed by atoms with E-state index in [1.54, 1.807) is 24.3 Å². The predicted molar refractivity (Wildman–Crippen MR) is 109 cm³/mol. The lowest BCUT2D eigenvalue weighted by Gasteiger charge is -2.06. The van der Waals surface area contributed by atoms with Gasteiger partial charge in [-0.2, -0.15) is 0 Å². The van der Waals surface area contributed by atoms with Gasteiger partial charge in [-0.1, -0.05) is 29.8 Å². The van der Waals surface area contributed by atoms with Crippen molar-refractivity contribution >= 4 is 33.7 Å². The van der Waals surface area contributed by atoms with Gasteiger partial charge in [0.05, 0.1) is 22.7 Å². The quantitative estimate of drug-likeness (QED) is 0.409. The molecule has 0 aliphatic rings. The van der Waals surface area contributed by atoms with Crippen molar-refractivity contribution in [1.82, 2.24) is 4.72 Å². The first-order valence-electron chi connectivity index (χ1n) is 8.75. The molecule has 0 aliphatic carbocycles. The summed E-state index contributed by atoms with van der Waals surface area (Å²) >= 11 is 5.88. The highest BCUT2D eigenvalue weighted by Gasteiger charge is 2.14. The molecule has 0 saturated carbocycles. The number of sulfonamides is 1. The Morgan fingerprint density at radius 3 is 2.57 bits per heavy atom. The van der Waals surface area contributed by atoms with Gasteiger partial charge in [-0.3, -0.25) is 0 Å². The lowest BCUT2D eigenvalue weighted by Crippen LogP contribution is -2.22. The first-order chi connectivity index (χ1) is 14.3. The Kier molecular flexibility index (Phi) is 7.04. The maximum atomic E-state index is 13.7.